The lowest BCUT2D eigenvalue weighted by molar-refractivity contribution is -0.0550. The first-order valence-electron chi connectivity index (χ1n) is 7.48. The number of hydrogen-bond donors (Lipinski definition) is 0. The van der Waals surface area contributed by atoms with E-state index < -0.39 is 11.6 Å². The van der Waals surface area contributed by atoms with E-state index in [9.17, 15) is 13.6 Å². The summed E-state index contributed by atoms with van der Waals surface area (Å²) in [5.74, 6) is -1.63. The van der Waals surface area contributed by atoms with E-state index in [4.69, 9.17) is 4.74 Å². The number of fused-ring (bicyclic) bond motifs is 1. The molecule has 3 nitrogen and oxygen atoms in total. The molecule has 1 aliphatic carbocycles. The number of hydrogen-bond acceptors (Lipinski definition) is 3. The summed E-state index contributed by atoms with van der Waals surface area (Å²) in [6.07, 6.45) is 3.93. The molecule has 3 rings (SSSR count). The van der Waals surface area contributed by atoms with Gasteiger partial charge in [-0.15, -0.1) is 0 Å². The number of carbonyl (C=O) groups excluding carboxylic acids is 1. The Bertz CT molecular complexity index is 515. The number of ketones is 1. The van der Waals surface area contributed by atoms with Gasteiger partial charge in [0.25, 0.3) is 0 Å². The van der Waals surface area contributed by atoms with Gasteiger partial charge in [0, 0.05) is 37.2 Å². The van der Waals surface area contributed by atoms with Crippen LogP contribution in [0.25, 0.3) is 0 Å². The van der Waals surface area contributed by atoms with Crippen molar-refractivity contribution in [3.05, 3.63) is 35.4 Å². The fourth-order valence-corrected chi connectivity index (χ4v) is 3.39. The highest BCUT2D eigenvalue weighted by atomic mass is 19.1. The lowest BCUT2D eigenvalue weighted by Gasteiger charge is -2.37. The van der Waals surface area contributed by atoms with Gasteiger partial charge in [0.2, 0.25) is 0 Å². The molecule has 2 fully saturated rings. The van der Waals surface area contributed by atoms with Gasteiger partial charge in [0.1, 0.15) is 11.6 Å². The Hall–Kier alpha value is -1.33. The smallest absolute Gasteiger partial charge is 0.164 e. The van der Waals surface area contributed by atoms with Crippen molar-refractivity contribution >= 4 is 5.78 Å². The first-order chi connectivity index (χ1) is 10.1. The lowest BCUT2D eigenvalue weighted by atomic mass is 10.1. The molecule has 0 radical (unpaired) electrons. The van der Waals surface area contributed by atoms with E-state index in [1.165, 1.54) is 0 Å². The maximum atomic E-state index is 13.1. The van der Waals surface area contributed by atoms with E-state index in [0.717, 1.165) is 44.0 Å². The summed E-state index contributed by atoms with van der Waals surface area (Å²) < 4.78 is 32.0. The molecule has 5 heteroatoms. The average molecular weight is 295 g/mol. The molecule has 0 spiro atoms. The van der Waals surface area contributed by atoms with Crippen LogP contribution < -0.4 is 0 Å². The van der Waals surface area contributed by atoms with Gasteiger partial charge >= 0.3 is 0 Å². The summed E-state index contributed by atoms with van der Waals surface area (Å²) in [6, 6.07) is 3.38. The van der Waals surface area contributed by atoms with Crippen LogP contribution >= 0.6 is 0 Å². The summed E-state index contributed by atoms with van der Waals surface area (Å²) in [6.45, 7) is 2.15. The maximum Gasteiger partial charge on any atom is 0.164 e. The van der Waals surface area contributed by atoms with Crippen LogP contribution in [0.4, 0.5) is 8.78 Å². The number of carbonyl (C=O) groups is 1. The first-order valence-corrected chi connectivity index (χ1v) is 7.48. The van der Waals surface area contributed by atoms with E-state index in [2.05, 4.69) is 4.90 Å². The average Bonchev–Trinajstić information content (AvgIpc) is 2.92. The van der Waals surface area contributed by atoms with Gasteiger partial charge in [-0.3, -0.25) is 9.69 Å². The van der Waals surface area contributed by atoms with Gasteiger partial charge in [0.15, 0.2) is 5.78 Å². The number of Topliss-reactive ketones (excluding diaryl/α,β-unsaturated/α-hetero) is 1. The highest BCUT2D eigenvalue weighted by molar-refractivity contribution is 5.96. The normalized spacial score (nSPS) is 25.8. The Morgan fingerprint density at radius 3 is 2.76 bits per heavy atom. The van der Waals surface area contributed by atoms with Crippen molar-refractivity contribution in [3.63, 3.8) is 0 Å². The monoisotopic (exact) mass is 295 g/mol. The van der Waals surface area contributed by atoms with Crippen molar-refractivity contribution < 1.29 is 18.3 Å². The molecular weight excluding hydrogens is 276 g/mol. The minimum Gasteiger partial charge on any atom is -0.375 e. The molecule has 0 amide bonds. The molecule has 0 N–H and O–H groups in total. The largest absolute Gasteiger partial charge is 0.375 e. The van der Waals surface area contributed by atoms with Crippen LogP contribution in [0.1, 0.15) is 36.0 Å². The third-order valence-electron chi connectivity index (χ3n) is 4.41. The van der Waals surface area contributed by atoms with Gasteiger partial charge in [-0.2, -0.15) is 0 Å². The van der Waals surface area contributed by atoms with Crippen LogP contribution in [0.2, 0.25) is 0 Å². The molecule has 1 aromatic rings. The van der Waals surface area contributed by atoms with Crippen molar-refractivity contribution in [2.75, 3.05) is 19.7 Å². The molecule has 114 valence electrons. The summed E-state index contributed by atoms with van der Waals surface area (Å²) >= 11 is 0. The van der Waals surface area contributed by atoms with Gasteiger partial charge < -0.3 is 4.74 Å². The van der Waals surface area contributed by atoms with E-state index in [0.29, 0.717) is 25.3 Å². The number of benzene rings is 1. The topological polar surface area (TPSA) is 29.5 Å². The zero-order chi connectivity index (χ0) is 14.8. The van der Waals surface area contributed by atoms with Gasteiger partial charge in [-0.05, 0) is 31.4 Å². The predicted molar refractivity (Wildman–Crippen MR) is 74.3 cm³/mol. The Balaban J connectivity index is 1.60. The van der Waals surface area contributed by atoms with Crippen LogP contribution in [-0.4, -0.2) is 42.5 Å². The Labute approximate surface area is 122 Å². The Morgan fingerprint density at radius 2 is 2.00 bits per heavy atom. The lowest BCUT2D eigenvalue weighted by Crippen LogP contribution is -2.49. The summed E-state index contributed by atoms with van der Waals surface area (Å²) in [4.78, 5) is 14.4. The quantitative estimate of drug-likeness (QED) is 0.800. The van der Waals surface area contributed by atoms with Crippen molar-refractivity contribution in [1.29, 1.82) is 0 Å². The van der Waals surface area contributed by atoms with Crippen molar-refractivity contribution in [2.24, 2.45) is 0 Å². The number of ether oxygens (including phenoxy) is 1. The molecule has 1 saturated carbocycles. The molecule has 2 unspecified atom stereocenters. The fourth-order valence-electron chi connectivity index (χ4n) is 3.39. The van der Waals surface area contributed by atoms with E-state index >= 15 is 0 Å². The fraction of sp³-hybridized carbons (Fsp3) is 0.562. The van der Waals surface area contributed by atoms with Crippen molar-refractivity contribution in [1.82, 2.24) is 4.90 Å². The number of nitrogens with zero attached hydrogens (tertiary/aromatic N) is 1. The molecule has 0 bridgehead atoms. The summed E-state index contributed by atoms with van der Waals surface area (Å²) in [5, 5.41) is 0. The Kier molecular flexibility index (Phi) is 4.31. The van der Waals surface area contributed by atoms with Gasteiger partial charge in [-0.25, -0.2) is 8.78 Å². The molecule has 1 aliphatic heterocycles. The van der Waals surface area contributed by atoms with Crippen LogP contribution in [0.5, 0.6) is 0 Å². The summed E-state index contributed by atoms with van der Waals surface area (Å²) in [5.41, 5.74) is 0.115. The predicted octanol–water partition coefficient (Wildman–Crippen LogP) is 2.79. The molecule has 2 atom stereocenters. The highest BCUT2D eigenvalue weighted by Crippen LogP contribution is 2.29. The minimum absolute atomic E-state index is 0.115. The summed E-state index contributed by atoms with van der Waals surface area (Å²) in [7, 11) is 0. The molecular formula is C16H19F2NO2. The SMILES string of the molecule is O=C(CCN1CCOC2CCCC21)c1cc(F)cc(F)c1. The molecule has 1 heterocycles. The second-order valence-electron chi connectivity index (χ2n) is 5.77. The second-order valence-corrected chi connectivity index (χ2v) is 5.77. The van der Waals surface area contributed by atoms with Crippen LogP contribution in [0.15, 0.2) is 18.2 Å². The van der Waals surface area contributed by atoms with Gasteiger partial charge in [-0.1, -0.05) is 0 Å². The standard InChI is InChI=1S/C16H19F2NO2/c17-12-8-11(9-13(18)10-12)15(20)4-5-19-6-7-21-16-3-1-2-14(16)19/h8-10,14,16H,1-7H2. The highest BCUT2D eigenvalue weighted by Gasteiger charge is 2.35. The molecule has 1 aromatic carbocycles. The third kappa shape index (κ3) is 3.30. The van der Waals surface area contributed by atoms with Crippen LogP contribution in [0.3, 0.4) is 0 Å². The number of halogens is 2. The number of morpholine rings is 1. The van der Waals surface area contributed by atoms with E-state index in [-0.39, 0.29) is 17.8 Å². The van der Waals surface area contributed by atoms with Crippen molar-refractivity contribution in [2.45, 2.75) is 37.8 Å². The Morgan fingerprint density at radius 1 is 1.24 bits per heavy atom. The van der Waals surface area contributed by atoms with Crippen LogP contribution in [0, 0.1) is 11.6 Å². The maximum absolute atomic E-state index is 13.1. The minimum atomic E-state index is -0.708. The number of rotatable bonds is 4. The zero-order valence-electron chi connectivity index (χ0n) is 11.9. The molecule has 0 aromatic heterocycles. The molecule has 1 saturated heterocycles. The molecule has 21 heavy (non-hydrogen) atoms. The second kappa shape index (κ2) is 6.20. The van der Waals surface area contributed by atoms with E-state index in [1.807, 2.05) is 0 Å². The zero-order valence-corrected chi connectivity index (χ0v) is 11.9. The van der Waals surface area contributed by atoms with E-state index in [1.54, 1.807) is 0 Å². The molecule has 2 aliphatic rings. The van der Waals surface area contributed by atoms with Gasteiger partial charge in [0.05, 0.1) is 12.7 Å². The van der Waals surface area contributed by atoms with Crippen molar-refractivity contribution in [3.8, 4) is 0 Å². The first kappa shape index (κ1) is 14.6. The van der Waals surface area contributed by atoms with Crippen LogP contribution in [-0.2, 0) is 4.74 Å². The third-order valence-corrected chi connectivity index (χ3v) is 4.41.